The number of carbonyl (C=O) groups excluding carboxylic acids is 1. The number of benzene rings is 1. The van der Waals surface area contributed by atoms with E-state index in [1.807, 2.05) is 36.1 Å². The third-order valence-electron chi connectivity index (χ3n) is 4.19. The van der Waals surface area contributed by atoms with Crippen LogP contribution in [0.5, 0.6) is 5.75 Å². The summed E-state index contributed by atoms with van der Waals surface area (Å²) in [5.41, 5.74) is 2.82. The van der Waals surface area contributed by atoms with Crippen molar-refractivity contribution in [1.82, 2.24) is 10.2 Å². The topological polar surface area (TPSA) is 52.6 Å². The number of rotatable bonds is 5. The molecule has 1 aromatic rings. The van der Waals surface area contributed by atoms with Crippen LogP contribution in [0.2, 0.25) is 0 Å². The number of phenolic OH excluding ortho intramolecular Hbond substituents is 1. The van der Waals surface area contributed by atoms with Crippen molar-refractivity contribution >= 4 is 5.78 Å². The molecule has 0 amide bonds. The maximum Gasteiger partial charge on any atom is 0.175 e. The van der Waals surface area contributed by atoms with Crippen LogP contribution < -0.4 is 5.32 Å². The summed E-state index contributed by atoms with van der Waals surface area (Å²) in [7, 11) is 0. The molecule has 1 unspecified atom stereocenters. The predicted octanol–water partition coefficient (Wildman–Crippen LogP) is 4.02. The van der Waals surface area contributed by atoms with E-state index in [0.29, 0.717) is 5.75 Å². The minimum Gasteiger partial charge on any atom is -0.508 e. The van der Waals surface area contributed by atoms with Crippen molar-refractivity contribution < 1.29 is 9.90 Å². The van der Waals surface area contributed by atoms with Gasteiger partial charge >= 0.3 is 0 Å². The Morgan fingerprint density at radius 1 is 1.40 bits per heavy atom. The molecule has 0 spiro atoms. The summed E-state index contributed by atoms with van der Waals surface area (Å²) < 4.78 is 0. The van der Waals surface area contributed by atoms with Crippen molar-refractivity contribution in [1.29, 1.82) is 0 Å². The SMILES string of the molecule is C=C1C(C)NCCN1/C(=C\CC)C(C)=O.CCCc1ccccc1O. The lowest BCUT2D eigenvalue weighted by Gasteiger charge is -2.36. The normalized spacial score (nSPS) is 17.8. The molecule has 4 heteroatoms. The molecule has 138 valence electrons. The molecule has 0 aromatic heterocycles. The quantitative estimate of drug-likeness (QED) is 0.792. The molecule has 1 saturated heterocycles. The average Bonchev–Trinajstić information content (AvgIpc) is 2.58. The van der Waals surface area contributed by atoms with Crippen LogP contribution in [0.3, 0.4) is 0 Å². The molecule has 0 saturated carbocycles. The number of aromatic hydroxyl groups is 1. The predicted molar refractivity (Wildman–Crippen MR) is 104 cm³/mol. The van der Waals surface area contributed by atoms with E-state index in [1.54, 1.807) is 13.0 Å². The number of ketones is 1. The van der Waals surface area contributed by atoms with Crippen molar-refractivity contribution in [2.75, 3.05) is 13.1 Å². The summed E-state index contributed by atoms with van der Waals surface area (Å²) >= 11 is 0. The standard InChI is InChI=1S/C12H20N2O.C9H12O/c1-5-6-12(11(4)15)14-8-7-13-9(2)10(14)3;1-2-5-8-6-3-4-7-9(8)10/h6,9,13H,3,5,7-8H2,1-2,4H3;3-4,6-7,10H,2,5H2,1H3/b12-6-;. The molecule has 0 radical (unpaired) electrons. The molecule has 1 atom stereocenters. The Morgan fingerprint density at radius 2 is 2.08 bits per heavy atom. The number of nitrogens with zero attached hydrogens (tertiary/aromatic N) is 1. The molecular weight excluding hydrogens is 312 g/mol. The molecule has 2 rings (SSSR count). The molecule has 1 aliphatic rings. The van der Waals surface area contributed by atoms with E-state index in [-0.39, 0.29) is 11.8 Å². The van der Waals surface area contributed by atoms with Gasteiger partial charge in [0.1, 0.15) is 5.75 Å². The highest BCUT2D eigenvalue weighted by Crippen LogP contribution is 2.19. The number of aryl methyl sites for hydroxylation is 1. The van der Waals surface area contributed by atoms with Gasteiger partial charge in [0, 0.05) is 31.8 Å². The molecule has 1 heterocycles. The lowest BCUT2D eigenvalue weighted by molar-refractivity contribution is -0.115. The number of phenols is 1. The van der Waals surface area contributed by atoms with Crippen molar-refractivity contribution in [3.63, 3.8) is 0 Å². The largest absolute Gasteiger partial charge is 0.508 e. The van der Waals surface area contributed by atoms with Gasteiger partial charge in [-0.1, -0.05) is 51.1 Å². The molecule has 1 aromatic carbocycles. The maximum absolute atomic E-state index is 11.5. The number of Topliss-reactive ketones (excluding diaryl/α,β-unsaturated/α-hetero) is 1. The van der Waals surface area contributed by atoms with Gasteiger partial charge in [0.2, 0.25) is 0 Å². The third kappa shape index (κ3) is 6.39. The Hall–Kier alpha value is -2.07. The van der Waals surface area contributed by atoms with E-state index >= 15 is 0 Å². The maximum atomic E-state index is 11.5. The first-order valence-electron chi connectivity index (χ1n) is 9.10. The lowest BCUT2D eigenvalue weighted by atomic mass is 10.1. The highest BCUT2D eigenvalue weighted by Gasteiger charge is 2.23. The van der Waals surface area contributed by atoms with E-state index < -0.39 is 0 Å². The van der Waals surface area contributed by atoms with E-state index in [2.05, 4.69) is 25.7 Å². The van der Waals surface area contributed by atoms with E-state index in [0.717, 1.165) is 49.3 Å². The second kappa shape index (κ2) is 10.7. The van der Waals surface area contributed by atoms with Crippen LogP contribution >= 0.6 is 0 Å². The minimum absolute atomic E-state index is 0.118. The van der Waals surface area contributed by atoms with Gasteiger partial charge in [0.15, 0.2) is 5.78 Å². The van der Waals surface area contributed by atoms with Crippen molar-refractivity contribution in [3.05, 3.63) is 53.9 Å². The fourth-order valence-electron chi connectivity index (χ4n) is 2.79. The summed E-state index contributed by atoms with van der Waals surface area (Å²) in [5, 5.41) is 12.6. The van der Waals surface area contributed by atoms with Crippen LogP contribution in [0.1, 0.15) is 46.1 Å². The minimum atomic E-state index is 0.118. The van der Waals surface area contributed by atoms with Crippen LogP contribution in [-0.2, 0) is 11.2 Å². The monoisotopic (exact) mass is 344 g/mol. The number of nitrogens with one attached hydrogen (secondary N) is 1. The summed E-state index contributed by atoms with van der Waals surface area (Å²) in [6.45, 7) is 13.6. The molecule has 4 nitrogen and oxygen atoms in total. The molecule has 0 aliphatic carbocycles. The zero-order valence-corrected chi connectivity index (χ0v) is 16.0. The Labute approximate surface area is 152 Å². The molecule has 2 N–H and O–H groups in total. The zero-order chi connectivity index (χ0) is 18.8. The smallest absolute Gasteiger partial charge is 0.175 e. The summed E-state index contributed by atoms with van der Waals surface area (Å²) in [4.78, 5) is 13.5. The number of hydrogen-bond acceptors (Lipinski definition) is 4. The highest BCUT2D eigenvalue weighted by atomic mass is 16.3. The highest BCUT2D eigenvalue weighted by molar-refractivity contribution is 5.93. The Morgan fingerprint density at radius 3 is 2.64 bits per heavy atom. The van der Waals surface area contributed by atoms with Crippen LogP contribution in [0.25, 0.3) is 0 Å². The van der Waals surface area contributed by atoms with Gasteiger partial charge in [-0.25, -0.2) is 0 Å². The van der Waals surface area contributed by atoms with E-state index in [4.69, 9.17) is 0 Å². The first-order chi connectivity index (χ1) is 11.9. The fourth-order valence-corrected chi connectivity index (χ4v) is 2.79. The number of para-hydroxylation sites is 1. The van der Waals surface area contributed by atoms with Gasteiger partial charge in [0.05, 0.1) is 5.70 Å². The second-order valence-electron chi connectivity index (χ2n) is 6.25. The first-order valence-corrected chi connectivity index (χ1v) is 9.10. The number of allylic oxidation sites excluding steroid dienone is 2. The molecular formula is C21H32N2O2. The third-order valence-corrected chi connectivity index (χ3v) is 4.19. The van der Waals surface area contributed by atoms with Crippen LogP contribution in [-0.4, -0.2) is 34.9 Å². The van der Waals surface area contributed by atoms with Gasteiger partial charge < -0.3 is 15.3 Å². The molecule has 0 bridgehead atoms. The van der Waals surface area contributed by atoms with E-state index in [9.17, 15) is 9.90 Å². The Balaban J connectivity index is 0.000000271. The van der Waals surface area contributed by atoms with E-state index in [1.165, 1.54) is 0 Å². The first kappa shape index (κ1) is 21.0. The lowest BCUT2D eigenvalue weighted by Crippen LogP contribution is -2.47. The van der Waals surface area contributed by atoms with Gasteiger partial charge in [-0.15, -0.1) is 0 Å². The number of piperazine rings is 1. The van der Waals surface area contributed by atoms with Crippen LogP contribution in [0.15, 0.2) is 48.3 Å². The van der Waals surface area contributed by atoms with Crippen LogP contribution in [0.4, 0.5) is 0 Å². The summed E-state index contributed by atoms with van der Waals surface area (Å²) in [6.07, 6.45) is 4.90. The summed E-state index contributed by atoms with van der Waals surface area (Å²) in [5.74, 6) is 0.538. The van der Waals surface area contributed by atoms with Crippen molar-refractivity contribution in [3.8, 4) is 5.75 Å². The van der Waals surface area contributed by atoms with Gasteiger partial charge in [-0.05, 0) is 31.4 Å². The van der Waals surface area contributed by atoms with Gasteiger partial charge in [-0.2, -0.15) is 0 Å². The molecule has 25 heavy (non-hydrogen) atoms. The fraction of sp³-hybridized carbons (Fsp3) is 0.476. The average molecular weight is 344 g/mol. The second-order valence-corrected chi connectivity index (χ2v) is 6.25. The van der Waals surface area contributed by atoms with Gasteiger partial charge in [0.25, 0.3) is 0 Å². The summed E-state index contributed by atoms with van der Waals surface area (Å²) in [6, 6.07) is 7.72. The number of carbonyl (C=O) groups is 1. The van der Waals surface area contributed by atoms with Crippen molar-refractivity contribution in [2.45, 2.75) is 53.0 Å². The van der Waals surface area contributed by atoms with Crippen molar-refractivity contribution in [2.24, 2.45) is 0 Å². The number of hydrogen-bond donors (Lipinski definition) is 2. The zero-order valence-electron chi connectivity index (χ0n) is 16.0. The molecule has 1 aliphatic heterocycles. The molecule has 1 fully saturated rings. The Bertz CT molecular complexity index is 608. The van der Waals surface area contributed by atoms with Crippen LogP contribution in [0, 0.1) is 0 Å². The van der Waals surface area contributed by atoms with Gasteiger partial charge in [-0.3, -0.25) is 4.79 Å². The Kier molecular flexibility index (Phi) is 9.00.